The number of esters is 1. The summed E-state index contributed by atoms with van der Waals surface area (Å²) in [6, 6.07) is 16.0. The van der Waals surface area contributed by atoms with Gasteiger partial charge in [0.05, 0.1) is 80.9 Å². The number of carbonyl (C=O) groups is 9. The minimum Gasteiger partial charge on any atom is -0.479 e. The molecule has 5 aliphatic rings. The number of aliphatic hydroxyl groups is 3. The average molecular weight is 1620 g/mol. The number of cyclic esters (lactones) is 1. The van der Waals surface area contributed by atoms with E-state index in [0.717, 1.165) is 40.7 Å². The zero-order valence-electron chi connectivity index (χ0n) is 67.1. The molecule has 632 valence electrons. The number of para-hydroxylation sites is 1. The molecule has 1 unspecified atom stereocenters. The summed E-state index contributed by atoms with van der Waals surface area (Å²) in [5.74, 6) is -6.56. The molecule has 0 spiro atoms. The topological polar surface area (TPSA) is 438 Å². The number of hydrogen-bond donors (Lipinski definition) is 9. The number of carbonyl (C=O) groups excluding carboxylic acids is 8. The molecule has 7 heterocycles. The minimum atomic E-state index is -2.09. The molecule has 0 bridgehead atoms. The molecular formula is C80H108N12O24. The standard InChI is InChI=1S/C80H108N12O24/c1-45(2)67(86-64(94)43-112-44-66(96)91(27-28-109-31-32-111-34-33-110-30-29-107-9)51-21-24-89(25-22-51)65(95)20-19-63(93)83-50-16-18-60-49(36-50)37-52(88(60)8)39-87(7)81-6)75(101)82-47(5)74(100)85-59-17-15-48(35-62(59)115-79-71(99)69(97)70(98)73(116-79)77(103)104)41-114-80(106)90(46(3)4)26-23-53-54-13-11-12-14-58(54)84-68-56(53)40-92-61(68)38-55-57(76(92)102)42-113-78(105)72(55)108-10/h11-18,35-36,38,45-47,51-52,67,69-73,79,81,97-99H,19-34,37,39-44H2,1-10H3,(H,82,101)(H,83,93)(H,85,100)(H,86,94)(H,103,104)/t47-,52?,67-,69-,70-,71+,72-,73-,79+/m0/s1. The second-order valence-electron chi connectivity index (χ2n) is 29.8. The molecule has 3 aromatic carbocycles. The van der Waals surface area contributed by atoms with Crippen molar-refractivity contribution < 1.29 is 111 Å². The van der Waals surface area contributed by atoms with Crippen LogP contribution in [0.1, 0.15) is 99.8 Å². The van der Waals surface area contributed by atoms with E-state index in [2.05, 4.69) is 38.6 Å². The lowest BCUT2D eigenvalue weighted by Gasteiger charge is -2.38. The Kier molecular flexibility index (Phi) is 31.5. The number of piperidine rings is 1. The van der Waals surface area contributed by atoms with Crippen molar-refractivity contribution in [3.8, 4) is 17.1 Å². The number of carboxylic acids is 1. The van der Waals surface area contributed by atoms with Gasteiger partial charge in [-0.15, -0.1) is 0 Å². The highest BCUT2D eigenvalue weighted by Crippen LogP contribution is 2.40. The number of likely N-dealkylation sites (N-methyl/N-ethyl adjacent to an activating group) is 2. The molecule has 10 rings (SSSR count). The second-order valence-corrected chi connectivity index (χ2v) is 29.8. The summed E-state index contributed by atoms with van der Waals surface area (Å²) in [6.45, 7) is 10.5. The fourth-order valence-electron chi connectivity index (χ4n) is 14.7. The summed E-state index contributed by atoms with van der Waals surface area (Å²) < 4.78 is 57.3. The lowest BCUT2D eigenvalue weighted by atomic mass is 9.96. The number of nitrogens with zero attached hydrogens (tertiary/aromatic N) is 7. The lowest BCUT2D eigenvalue weighted by Crippen LogP contribution is -2.61. The molecule has 2 aromatic heterocycles. The second kappa shape index (κ2) is 41.3. The van der Waals surface area contributed by atoms with Crippen LogP contribution in [0.15, 0.2) is 71.5 Å². The predicted molar refractivity (Wildman–Crippen MR) is 419 cm³/mol. The van der Waals surface area contributed by atoms with Crippen molar-refractivity contribution in [2.45, 2.75) is 160 Å². The number of methoxy groups -OCH3 is 2. The monoisotopic (exact) mass is 1620 g/mol. The predicted octanol–water partition coefficient (Wildman–Crippen LogP) is 1.99. The molecule has 2 fully saturated rings. The number of likely N-dealkylation sites (tertiary alicyclic amines) is 1. The van der Waals surface area contributed by atoms with Gasteiger partial charge in [-0.05, 0) is 119 Å². The van der Waals surface area contributed by atoms with E-state index >= 15 is 0 Å². The Labute approximate surface area is 671 Å². The number of rotatable bonds is 40. The van der Waals surface area contributed by atoms with Crippen LogP contribution in [0.3, 0.4) is 0 Å². The van der Waals surface area contributed by atoms with Gasteiger partial charge in [0.25, 0.3) is 5.56 Å². The van der Waals surface area contributed by atoms with Gasteiger partial charge >= 0.3 is 18.0 Å². The van der Waals surface area contributed by atoms with E-state index in [0.29, 0.717) is 86.1 Å². The number of aliphatic carboxylic acids is 1. The van der Waals surface area contributed by atoms with E-state index in [1.807, 2.05) is 61.6 Å². The number of fused-ring (bicyclic) bond motifs is 6. The highest BCUT2D eigenvalue weighted by atomic mass is 16.7. The zero-order chi connectivity index (χ0) is 83.6. The van der Waals surface area contributed by atoms with Gasteiger partial charge in [0.15, 0.2) is 12.2 Å². The Hall–Kier alpha value is -9.83. The van der Waals surface area contributed by atoms with E-state index in [1.165, 1.54) is 37.1 Å². The van der Waals surface area contributed by atoms with Crippen molar-refractivity contribution in [1.82, 2.24) is 45.3 Å². The number of carboxylic acid groups (broad SMARTS) is 1. The number of ether oxygens (including phenoxy) is 10. The van der Waals surface area contributed by atoms with Crippen LogP contribution < -0.4 is 41.9 Å². The highest BCUT2D eigenvalue weighted by Gasteiger charge is 2.49. The summed E-state index contributed by atoms with van der Waals surface area (Å²) in [5.41, 5.74) is 9.69. The number of amides is 7. The van der Waals surface area contributed by atoms with Crippen LogP contribution in [0.5, 0.6) is 5.75 Å². The Morgan fingerprint density at radius 1 is 0.759 bits per heavy atom. The van der Waals surface area contributed by atoms with E-state index in [4.69, 9.17) is 52.4 Å². The van der Waals surface area contributed by atoms with Gasteiger partial charge in [-0.25, -0.2) is 24.4 Å². The van der Waals surface area contributed by atoms with Crippen LogP contribution in [0, 0.1) is 5.92 Å². The summed E-state index contributed by atoms with van der Waals surface area (Å²) in [5, 5.41) is 55.8. The Morgan fingerprint density at radius 3 is 2.16 bits per heavy atom. The summed E-state index contributed by atoms with van der Waals surface area (Å²) in [6.07, 6.45) is -10.3. The average Bonchev–Trinajstić information content (AvgIpc) is 1.57. The maximum absolute atomic E-state index is 14.3. The Morgan fingerprint density at radius 2 is 1.47 bits per heavy atom. The smallest absolute Gasteiger partial charge is 0.410 e. The molecule has 5 aliphatic heterocycles. The number of pyridine rings is 2. The molecule has 7 amide bonds. The van der Waals surface area contributed by atoms with Crippen LogP contribution >= 0.6 is 0 Å². The molecule has 2 saturated heterocycles. The molecule has 5 aromatic rings. The van der Waals surface area contributed by atoms with Crippen molar-refractivity contribution in [3.63, 3.8) is 0 Å². The van der Waals surface area contributed by atoms with Gasteiger partial charge in [-0.1, -0.05) is 38.1 Å². The number of hydrazine groups is 1. The molecule has 0 radical (unpaired) electrons. The molecule has 116 heavy (non-hydrogen) atoms. The number of hydrogen-bond acceptors (Lipinski definition) is 27. The summed E-state index contributed by atoms with van der Waals surface area (Å²) in [7, 11) is 8.85. The fraction of sp³-hybridized carbons (Fsp3) is 0.562. The maximum Gasteiger partial charge on any atom is 0.410 e. The zero-order valence-corrected chi connectivity index (χ0v) is 67.1. The maximum atomic E-state index is 14.3. The van der Waals surface area contributed by atoms with Gasteiger partial charge in [0.1, 0.15) is 62.6 Å². The summed E-state index contributed by atoms with van der Waals surface area (Å²) >= 11 is 0. The first-order valence-corrected chi connectivity index (χ1v) is 38.9. The van der Waals surface area contributed by atoms with Crippen LogP contribution in [0.4, 0.5) is 21.9 Å². The molecule has 9 atom stereocenters. The van der Waals surface area contributed by atoms with Crippen LogP contribution in [-0.4, -0.2) is 292 Å². The van der Waals surface area contributed by atoms with Gasteiger partial charge in [-0.2, -0.15) is 0 Å². The molecular weight excluding hydrogens is 1510 g/mol. The normalized spacial score (nSPS) is 19.5. The molecule has 36 nitrogen and oxygen atoms in total. The number of benzene rings is 3. The van der Waals surface area contributed by atoms with Crippen LogP contribution in [-0.2, 0) is 114 Å². The molecule has 0 aliphatic carbocycles. The van der Waals surface area contributed by atoms with Crippen molar-refractivity contribution in [2.75, 3.05) is 143 Å². The molecule has 9 N–H and O–H groups in total. The lowest BCUT2D eigenvalue weighted by molar-refractivity contribution is -0.271. The third kappa shape index (κ3) is 22.1. The largest absolute Gasteiger partial charge is 0.479 e. The van der Waals surface area contributed by atoms with Crippen molar-refractivity contribution in [2.24, 2.45) is 5.92 Å². The Balaban J connectivity index is 0.738. The van der Waals surface area contributed by atoms with Gasteiger partial charge in [-0.3, -0.25) is 39.0 Å². The fourth-order valence-corrected chi connectivity index (χ4v) is 14.7. The van der Waals surface area contributed by atoms with E-state index in [1.54, 1.807) is 55.2 Å². The van der Waals surface area contributed by atoms with Crippen LogP contribution in [0.2, 0.25) is 0 Å². The van der Waals surface area contributed by atoms with Crippen molar-refractivity contribution >= 4 is 81.4 Å². The third-order valence-corrected chi connectivity index (χ3v) is 21.3. The van der Waals surface area contributed by atoms with Gasteiger partial charge in [0.2, 0.25) is 41.7 Å². The number of nitrogens with one attached hydrogen (secondary N) is 5. The Bertz CT molecular complexity index is 4380. The number of anilines is 3. The van der Waals surface area contributed by atoms with E-state index < -0.39 is 122 Å². The highest BCUT2D eigenvalue weighted by molar-refractivity contribution is 5.99. The minimum absolute atomic E-state index is 0.0147. The van der Waals surface area contributed by atoms with Gasteiger partial charge < -0.3 is 113 Å². The molecule has 36 heteroatoms. The first kappa shape index (κ1) is 88.5. The summed E-state index contributed by atoms with van der Waals surface area (Å²) in [4.78, 5) is 148. The third-order valence-electron chi connectivity index (χ3n) is 21.3. The van der Waals surface area contributed by atoms with Gasteiger partial charge in [0, 0.05) is 120 Å². The number of aromatic nitrogens is 2. The number of aliphatic hydroxyl groups excluding tert-OH is 3. The van der Waals surface area contributed by atoms with Crippen LogP contribution in [0.25, 0.3) is 22.3 Å². The van der Waals surface area contributed by atoms with Crippen molar-refractivity contribution in [3.05, 3.63) is 110 Å². The SMILES string of the molecule is CNN(C)CC1Cc2cc(NC(=O)CCC(=O)N3CCC(N(CCOCCOCCOCCOC)C(=O)COCC(=O)N[C@H](C(=O)N[C@@H](C)C(=O)Nc4ccc(COC(=O)N(CCc5c6c(nc7ccccc57)-c5cc7c(c(=O)n5C6)COC(=O)[C@H]7OC)C(C)C)cc4O[C@@H]4O[C@H](C(=O)O)[C@@H](O)[C@H](O)[C@H]4O)C(C)C)CC3)ccc2N1C. The first-order chi connectivity index (χ1) is 55.6. The van der Waals surface area contributed by atoms with E-state index in [-0.39, 0.29) is 112 Å². The van der Waals surface area contributed by atoms with Crippen molar-refractivity contribution in [1.29, 1.82) is 0 Å². The van der Waals surface area contributed by atoms with E-state index in [9.17, 15) is 68.4 Å². The molecule has 0 saturated carbocycles. The quantitative estimate of drug-likeness (QED) is 0.0151. The first-order valence-electron chi connectivity index (χ1n) is 38.9.